The smallest absolute Gasteiger partial charge is 0.237 e. The van der Waals surface area contributed by atoms with E-state index in [0.717, 1.165) is 35.7 Å². The predicted molar refractivity (Wildman–Crippen MR) is 87.1 cm³/mol. The molecule has 0 fully saturated rings. The van der Waals surface area contributed by atoms with Gasteiger partial charge in [-0.1, -0.05) is 38.5 Å². The molecule has 21 heavy (non-hydrogen) atoms. The second-order valence-electron chi connectivity index (χ2n) is 5.57. The van der Waals surface area contributed by atoms with Crippen molar-refractivity contribution >= 4 is 16.8 Å². The third kappa shape index (κ3) is 3.85. The Balaban J connectivity index is 2.00. The molecule has 0 spiro atoms. The number of aromatic amines is 1. The molecule has 0 aliphatic rings. The molecule has 1 amide bonds. The highest BCUT2D eigenvalue weighted by Crippen LogP contribution is 2.18. The Morgan fingerprint density at radius 3 is 2.81 bits per heavy atom. The molecule has 0 bridgehead atoms. The summed E-state index contributed by atoms with van der Waals surface area (Å²) in [6, 6.07) is 7.80. The van der Waals surface area contributed by atoms with Crippen molar-refractivity contribution in [1.82, 2.24) is 10.3 Å². The summed E-state index contributed by atoms with van der Waals surface area (Å²) in [4.78, 5) is 15.4. The normalized spacial score (nSPS) is 14.0. The van der Waals surface area contributed by atoms with Crippen LogP contribution in [0.4, 0.5) is 0 Å². The largest absolute Gasteiger partial charge is 0.361 e. The van der Waals surface area contributed by atoms with Crippen LogP contribution in [0.1, 0.15) is 38.7 Å². The number of rotatable bonds is 7. The van der Waals surface area contributed by atoms with Crippen molar-refractivity contribution in [3.05, 3.63) is 36.0 Å². The zero-order valence-corrected chi connectivity index (χ0v) is 12.9. The van der Waals surface area contributed by atoms with Crippen LogP contribution in [0.15, 0.2) is 30.5 Å². The van der Waals surface area contributed by atoms with Gasteiger partial charge in [-0.3, -0.25) is 4.79 Å². The van der Waals surface area contributed by atoms with Gasteiger partial charge in [-0.15, -0.1) is 0 Å². The minimum atomic E-state index is -0.505. The standard InChI is InChI=1S/C17H25N3O/c1-3-7-13(4-2)20-17(21)15(18)10-12-11-19-16-9-6-5-8-14(12)16/h5-6,8-9,11,13,15,19H,3-4,7,10,18H2,1-2H3,(H,20,21). The first kappa shape index (κ1) is 15.6. The molecule has 4 nitrogen and oxygen atoms in total. The van der Waals surface area contributed by atoms with Crippen molar-refractivity contribution in [3.63, 3.8) is 0 Å². The highest BCUT2D eigenvalue weighted by atomic mass is 16.2. The molecule has 2 atom stereocenters. The number of amides is 1. The Hall–Kier alpha value is -1.81. The van der Waals surface area contributed by atoms with Crippen LogP contribution in [0.3, 0.4) is 0 Å². The molecule has 0 saturated carbocycles. The summed E-state index contributed by atoms with van der Waals surface area (Å²) in [6.07, 6.45) is 5.51. The van der Waals surface area contributed by atoms with E-state index in [0.29, 0.717) is 6.42 Å². The number of benzene rings is 1. The molecular formula is C17H25N3O. The molecule has 0 aliphatic heterocycles. The zero-order chi connectivity index (χ0) is 15.2. The Morgan fingerprint density at radius 1 is 1.33 bits per heavy atom. The summed E-state index contributed by atoms with van der Waals surface area (Å²) >= 11 is 0. The summed E-state index contributed by atoms with van der Waals surface area (Å²) in [5.41, 5.74) is 8.25. The van der Waals surface area contributed by atoms with E-state index < -0.39 is 6.04 Å². The van der Waals surface area contributed by atoms with Gasteiger partial charge in [0, 0.05) is 23.1 Å². The predicted octanol–water partition coefficient (Wildman–Crippen LogP) is 2.73. The van der Waals surface area contributed by atoms with Crippen molar-refractivity contribution in [3.8, 4) is 0 Å². The molecule has 1 aromatic heterocycles. The number of H-pyrrole nitrogens is 1. The molecule has 114 valence electrons. The number of carbonyl (C=O) groups is 1. The number of hydrogen-bond acceptors (Lipinski definition) is 2. The van der Waals surface area contributed by atoms with E-state index in [1.54, 1.807) is 0 Å². The first-order valence-corrected chi connectivity index (χ1v) is 7.76. The van der Waals surface area contributed by atoms with Crippen molar-refractivity contribution < 1.29 is 4.79 Å². The maximum absolute atomic E-state index is 12.2. The fourth-order valence-corrected chi connectivity index (χ4v) is 2.67. The van der Waals surface area contributed by atoms with E-state index in [9.17, 15) is 4.79 Å². The van der Waals surface area contributed by atoms with Gasteiger partial charge in [0.2, 0.25) is 5.91 Å². The highest BCUT2D eigenvalue weighted by Gasteiger charge is 2.18. The quantitative estimate of drug-likeness (QED) is 0.732. The summed E-state index contributed by atoms with van der Waals surface area (Å²) in [7, 11) is 0. The van der Waals surface area contributed by atoms with Gasteiger partial charge in [0.05, 0.1) is 6.04 Å². The van der Waals surface area contributed by atoms with Gasteiger partial charge in [0.25, 0.3) is 0 Å². The summed E-state index contributed by atoms with van der Waals surface area (Å²) < 4.78 is 0. The molecule has 2 unspecified atom stereocenters. The molecule has 0 radical (unpaired) electrons. The number of nitrogens with one attached hydrogen (secondary N) is 2. The Morgan fingerprint density at radius 2 is 2.10 bits per heavy atom. The van der Waals surface area contributed by atoms with Crippen LogP contribution in [0, 0.1) is 0 Å². The fourth-order valence-electron chi connectivity index (χ4n) is 2.67. The zero-order valence-electron chi connectivity index (χ0n) is 12.9. The number of aromatic nitrogens is 1. The molecule has 2 rings (SSSR count). The van der Waals surface area contributed by atoms with E-state index in [1.165, 1.54) is 0 Å². The first-order valence-electron chi connectivity index (χ1n) is 7.76. The number of para-hydroxylation sites is 1. The lowest BCUT2D eigenvalue weighted by Gasteiger charge is -2.19. The van der Waals surface area contributed by atoms with Crippen LogP contribution >= 0.6 is 0 Å². The second-order valence-corrected chi connectivity index (χ2v) is 5.57. The summed E-state index contributed by atoms with van der Waals surface area (Å²) in [5, 5.41) is 4.19. The number of carbonyl (C=O) groups excluding carboxylic acids is 1. The van der Waals surface area contributed by atoms with Crippen LogP contribution < -0.4 is 11.1 Å². The molecule has 4 N–H and O–H groups in total. The monoisotopic (exact) mass is 287 g/mol. The lowest BCUT2D eigenvalue weighted by Crippen LogP contribution is -2.46. The average molecular weight is 287 g/mol. The van der Waals surface area contributed by atoms with Crippen LogP contribution in [0.2, 0.25) is 0 Å². The summed E-state index contributed by atoms with van der Waals surface area (Å²) in [6.45, 7) is 4.21. The molecule has 4 heteroatoms. The third-order valence-corrected chi connectivity index (χ3v) is 3.93. The van der Waals surface area contributed by atoms with E-state index in [-0.39, 0.29) is 11.9 Å². The van der Waals surface area contributed by atoms with E-state index in [2.05, 4.69) is 30.2 Å². The minimum Gasteiger partial charge on any atom is -0.361 e. The highest BCUT2D eigenvalue weighted by molar-refractivity contribution is 5.86. The Labute approximate surface area is 126 Å². The van der Waals surface area contributed by atoms with Crippen molar-refractivity contribution in [2.24, 2.45) is 5.73 Å². The van der Waals surface area contributed by atoms with Gasteiger partial charge in [0.15, 0.2) is 0 Å². The van der Waals surface area contributed by atoms with Gasteiger partial charge in [0.1, 0.15) is 0 Å². The molecule has 1 aromatic carbocycles. The van der Waals surface area contributed by atoms with E-state index in [4.69, 9.17) is 5.73 Å². The summed E-state index contributed by atoms with van der Waals surface area (Å²) in [5.74, 6) is -0.0550. The molecular weight excluding hydrogens is 262 g/mol. The van der Waals surface area contributed by atoms with Crippen LogP contribution in [-0.2, 0) is 11.2 Å². The molecule has 0 saturated heterocycles. The number of hydrogen-bond donors (Lipinski definition) is 3. The van der Waals surface area contributed by atoms with Crippen LogP contribution in [-0.4, -0.2) is 23.0 Å². The van der Waals surface area contributed by atoms with E-state index >= 15 is 0 Å². The molecule has 1 heterocycles. The van der Waals surface area contributed by atoms with Crippen molar-refractivity contribution in [2.45, 2.75) is 51.6 Å². The van der Waals surface area contributed by atoms with Gasteiger partial charge in [-0.05, 0) is 30.9 Å². The first-order chi connectivity index (χ1) is 10.2. The molecule has 2 aromatic rings. The lowest BCUT2D eigenvalue weighted by molar-refractivity contribution is -0.123. The van der Waals surface area contributed by atoms with E-state index in [1.807, 2.05) is 24.4 Å². The second kappa shape index (κ2) is 7.27. The number of nitrogens with two attached hydrogens (primary N) is 1. The van der Waals surface area contributed by atoms with Crippen molar-refractivity contribution in [1.29, 1.82) is 0 Å². The van der Waals surface area contributed by atoms with Gasteiger partial charge in [-0.25, -0.2) is 0 Å². The van der Waals surface area contributed by atoms with Crippen LogP contribution in [0.25, 0.3) is 10.9 Å². The maximum atomic E-state index is 12.2. The lowest BCUT2D eigenvalue weighted by atomic mass is 10.0. The Kier molecular flexibility index (Phi) is 5.39. The Bertz CT molecular complexity index is 590. The maximum Gasteiger partial charge on any atom is 0.237 e. The third-order valence-electron chi connectivity index (χ3n) is 3.93. The molecule has 0 aliphatic carbocycles. The van der Waals surface area contributed by atoms with Gasteiger partial charge < -0.3 is 16.0 Å². The van der Waals surface area contributed by atoms with Crippen LogP contribution in [0.5, 0.6) is 0 Å². The SMILES string of the molecule is CCCC(CC)NC(=O)C(N)Cc1c[nH]c2ccccc12. The fraction of sp³-hybridized carbons (Fsp3) is 0.471. The van der Waals surface area contributed by atoms with Gasteiger partial charge >= 0.3 is 0 Å². The van der Waals surface area contributed by atoms with Gasteiger partial charge in [-0.2, -0.15) is 0 Å². The topological polar surface area (TPSA) is 70.9 Å². The minimum absolute atomic E-state index is 0.0550. The number of fused-ring (bicyclic) bond motifs is 1. The van der Waals surface area contributed by atoms with Crippen molar-refractivity contribution in [2.75, 3.05) is 0 Å². The average Bonchev–Trinajstić information content (AvgIpc) is 2.90.